The quantitative estimate of drug-likeness (QED) is 0.0807. The maximum absolute atomic E-state index is 13.0. The lowest BCUT2D eigenvalue weighted by molar-refractivity contribution is 0.0939. The van der Waals surface area contributed by atoms with Crippen molar-refractivity contribution < 1.29 is 19.2 Å². The third kappa shape index (κ3) is 8.24. The molecule has 4 amide bonds. The molecule has 0 bridgehead atoms. The van der Waals surface area contributed by atoms with Crippen LogP contribution in [0.4, 0.5) is 0 Å². The average molecular weight is 692 g/mol. The Bertz CT molecular complexity index is 1870. The second-order valence-electron chi connectivity index (χ2n) is 12.0. The van der Waals surface area contributed by atoms with Crippen molar-refractivity contribution in [3.8, 4) is 22.3 Å². The summed E-state index contributed by atoms with van der Waals surface area (Å²) < 4.78 is 2.21. The zero-order valence-corrected chi connectivity index (χ0v) is 28.7. The van der Waals surface area contributed by atoms with E-state index in [2.05, 4.69) is 44.9 Å². The zero-order chi connectivity index (χ0) is 36.5. The fourth-order valence-electron chi connectivity index (χ4n) is 6.07. The van der Waals surface area contributed by atoms with Gasteiger partial charge in [-0.2, -0.15) is 0 Å². The lowest BCUT2D eigenvalue weighted by Gasteiger charge is -2.12. The first kappa shape index (κ1) is 36.7. The van der Waals surface area contributed by atoms with E-state index in [0.717, 1.165) is 32.9 Å². The van der Waals surface area contributed by atoms with Gasteiger partial charge in [0.25, 0.3) is 23.6 Å². The number of nitrogens with two attached hydrogens (primary N) is 4. The number of carbonyl (C=O) groups is 4. The summed E-state index contributed by atoms with van der Waals surface area (Å²) in [6.45, 7) is 5.10. The van der Waals surface area contributed by atoms with Crippen LogP contribution in [-0.4, -0.2) is 80.6 Å². The van der Waals surface area contributed by atoms with Gasteiger partial charge in [0.15, 0.2) is 0 Å². The summed E-state index contributed by atoms with van der Waals surface area (Å²) in [7, 11) is 0. The number of rotatable bonds is 15. The van der Waals surface area contributed by atoms with E-state index in [1.165, 1.54) is 0 Å². The van der Waals surface area contributed by atoms with Gasteiger partial charge in [-0.25, -0.2) is 0 Å². The first-order chi connectivity index (χ1) is 24.7. The molecule has 0 radical (unpaired) electrons. The molecule has 0 aliphatic carbocycles. The highest BCUT2D eigenvalue weighted by atomic mass is 16.2. The lowest BCUT2D eigenvalue weighted by Crippen LogP contribution is -2.31. The molecule has 266 valence electrons. The molecule has 13 nitrogen and oxygen atoms in total. The first-order valence-electron chi connectivity index (χ1n) is 17.0. The fourth-order valence-corrected chi connectivity index (χ4v) is 6.07. The summed E-state index contributed by atoms with van der Waals surface area (Å²) >= 11 is 0. The van der Waals surface area contributed by atoms with Gasteiger partial charge in [0.2, 0.25) is 0 Å². The molecule has 0 aliphatic heterocycles. The van der Waals surface area contributed by atoms with E-state index in [4.69, 9.17) is 22.9 Å². The van der Waals surface area contributed by atoms with Crippen molar-refractivity contribution in [3.63, 3.8) is 0 Å². The minimum Gasteiger partial charge on any atom is -0.351 e. The Kier molecular flexibility index (Phi) is 12.1. The number of carbonyl (C=O) groups excluding carboxylic acids is 4. The number of aryl methyl sites for hydroxylation is 1. The average Bonchev–Trinajstić information content (AvgIpc) is 3.48. The molecule has 51 heavy (non-hydrogen) atoms. The maximum Gasteiger partial charge on any atom is 0.251 e. The SMILES string of the molecule is CCn1c2ccc(-c3cc(C(=O)NCCN)cc(C(=O)NCCN)c3)cc2c2cc(-c3cc(C(=O)NCCN)cc(C(=O)NCCN)c3)ccc21. The molecule has 0 aliphatic rings. The fraction of sp³-hybridized carbons (Fsp3) is 0.263. The van der Waals surface area contributed by atoms with Crippen LogP contribution in [0.5, 0.6) is 0 Å². The number of benzene rings is 4. The molecule has 5 rings (SSSR count). The van der Waals surface area contributed by atoms with Crippen molar-refractivity contribution in [2.75, 3.05) is 52.4 Å². The molecule has 13 heteroatoms. The highest BCUT2D eigenvalue weighted by Gasteiger charge is 2.18. The van der Waals surface area contributed by atoms with E-state index < -0.39 is 0 Å². The summed E-state index contributed by atoms with van der Waals surface area (Å²) in [5, 5.41) is 13.0. The number of aromatic nitrogens is 1. The second kappa shape index (κ2) is 16.9. The van der Waals surface area contributed by atoms with Crippen molar-refractivity contribution in [1.82, 2.24) is 25.8 Å². The van der Waals surface area contributed by atoms with Crippen LogP contribution < -0.4 is 44.2 Å². The van der Waals surface area contributed by atoms with Crippen molar-refractivity contribution in [1.29, 1.82) is 0 Å². The normalized spacial score (nSPS) is 11.1. The predicted octanol–water partition coefficient (Wildman–Crippen LogP) is 1.90. The van der Waals surface area contributed by atoms with Gasteiger partial charge in [0.1, 0.15) is 0 Å². The highest BCUT2D eigenvalue weighted by molar-refractivity contribution is 6.11. The van der Waals surface area contributed by atoms with Gasteiger partial charge in [-0.3, -0.25) is 19.2 Å². The predicted molar refractivity (Wildman–Crippen MR) is 202 cm³/mol. The Hall–Kier alpha value is -5.60. The van der Waals surface area contributed by atoms with Gasteiger partial charge in [-0.1, -0.05) is 12.1 Å². The molecule has 1 heterocycles. The smallest absolute Gasteiger partial charge is 0.251 e. The summed E-state index contributed by atoms with van der Waals surface area (Å²) in [6, 6.07) is 22.3. The number of hydrogen-bond acceptors (Lipinski definition) is 8. The monoisotopic (exact) mass is 691 g/mol. The summed E-state index contributed by atoms with van der Waals surface area (Å²) in [6.07, 6.45) is 0. The Labute approximate surface area is 296 Å². The molecule has 1 aromatic heterocycles. The number of nitrogens with zero attached hydrogens (tertiary/aromatic N) is 1. The van der Waals surface area contributed by atoms with Crippen LogP contribution >= 0.6 is 0 Å². The number of nitrogens with one attached hydrogen (secondary N) is 4. The number of hydrogen-bond donors (Lipinski definition) is 8. The summed E-state index contributed by atoms with van der Waals surface area (Å²) in [5.74, 6) is -1.34. The van der Waals surface area contributed by atoms with Gasteiger partial charge < -0.3 is 48.8 Å². The standard InChI is InChI=1S/C38H45N9O4/c1-2-47-33-5-3-23(25-15-27(35(48)43-11-7-39)19-28(16-25)36(49)44-12-8-40)21-31(33)32-22-24(4-6-34(32)47)26-17-29(37(50)45-13-9-41)20-30(18-26)38(51)46-14-10-42/h3-6,15-22H,2,7-14,39-42H2,1H3,(H,43,48)(H,44,49)(H,45,50)(H,46,51). The van der Waals surface area contributed by atoms with Crippen LogP contribution in [0, 0.1) is 0 Å². The molecule has 0 saturated carbocycles. The third-order valence-electron chi connectivity index (χ3n) is 8.48. The molecule has 0 atom stereocenters. The van der Waals surface area contributed by atoms with E-state index in [9.17, 15) is 19.2 Å². The van der Waals surface area contributed by atoms with Gasteiger partial charge in [0.05, 0.1) is 0 Å². The molecule has 0 fully saturated rings. The zero-order valence-electron chi connectivity index (χ0n) is 28.7. The lowest BCUT2D eigenvalue weighted by atomic mass is 9.96. The molecule has 12 N–H and O–H groups in total. The van der Waals surface area contributed by atoms with Crippen LogP contribution in [0.2, 0.25) is 0 Å². The van der Waals surface area contributed by atoms with E-state index in [1.54, 1.807) is 36.4 Å². The van der Waals surface area contributed by atoms with Crippen molar-refractivity contribution in [3.05, 3.63) is 95.1 Å². The van der Waals surface area contributed by atoms with Gasteiger partial charge >= 0.3 is 0 Å². The first-order valence-corrected chi connectivity index (χ1v) is 17.0. The van der Waals surface area contributed by atoms with Crippen molar-refractivity contribution >= 4 is 45.4 Å². The largest absolute Gasteiger partial charge is 0.351 e. The van der Waals surface area contributed by atoms with Crippen molar-refractivity contribution in [2.45, 2.75) is 13.5 Å². The molecular formula is C38H45N9O4. The van der Waals surface area contributed by atoms with Gasteiger partial charge in [-0.15, -0.1) is 0 Å². The van der Waals surface area contributed by atoms with Crippen LogP contribution in [0.15, 0.2) is 72.8 Å². The number of amides is 4. The van der Waals surface area contributed by atoms with Crippen LogP contribution in [0.3, 0.4) is 0 Å². The molecule has 0 unspecified atom stereocenters. The van der Waals surface area contributed by atoms with Gasteiger partial charge in [0, 0.05) is 103 Å². The Balaban J connectivity index is 1.66. The minimum absolute atomic E-state index is 0.282. The molecule has 0 spiro atoms. The highest BCUT2D eigenvalue weighted by Crippen LogP contribution is 2.36. The second-order valence-corrected chi connectivity index (χ2v) is 12.0. The molecule has 5 aromatic rings. The molecule has 4 aromatic carbocycles. The van der Waals surface area contributed by atoms with Gasteiger partial charge in [-0.05, 0) is 89.8 Å². The van der Waals surface area contributed by atoms with Crippen molar-refractivity contribution in [2.24, 2.45) is 22.9 Å². The van der Waals surface area contributed by atoms with E-state index in [-0.39, 0.29) is 49.8 Å². The van der Waals surface area contributed by atoms with Crippen LogP contribution in [0.1, 0.15) is 48.4 Å². The Morgan fingerprint density at radius 3 is 1.06 bits per heavy atom. The van der Waals surface area contributed by atoms with Crippen LogP contribution in [-0.2, 0) is 6.54 Å². The summed E-state index contributed by atoms with van der Waals surface area (Å²) in [4.78, 5) is 52.1. The van der Waals surface area contributed by atoms with E-state index in [0.29, 0.717) is 66.1 Å². The minimum atomic E-state index is -0.335. The topological polar surface area (TPSA) is 225 Å². The Morgan fingerprint density at radius 1 is 0.471 bits per heavy atom. The molecular weight excluding hydrogens is 646 g/mol. The van der Waals surface area contributed by atoms with Crippen LogP contribution in [0.25, 0.3) is 44.1 Å². The van der Waals surface area contributed by atoms with E-state index >= 15 is 0 Å². The maximum atomic E-state index is 13.0. The third-order valence-corrected chi connectivity index (χ3v) is 8.48. The number of fused-ring (bicyclic) bond motifs is 3. The van der Waals surface area contributed by atoms with E-state index in [1.807, 2.05) is 24.3 Å². The Morgan fingerprint density at radius 2 is 0.784 bits per heavy atom. The molecule has 0 saturated heterocycles. The summed E-state index contributed by atoms with van der Waals surface area (Å²) in [5.41, 5.74) is 28.8.